The molecule has 2 rings (SSSR count). The number of aromatic nitrogens is 2. The van der Waals surface area contributed by atoms with Gasteiger partial charge in [0.15, 0.2) is 10.7 Å². The van der Waals surface area contributed by atoms with Crippen LogP contribution in [0.5, 0.6) is 0 Å². The van der Waals surface area contributed by atoms with Gasteiger partial charge in [0.25, 0.3) is 0 Å². The molecule has 0 fully saturated rings. The molecule has 0 aliphatic heterocycles. The number of fused-ring (bicyclic) bond motifs is 1. The van der Waals surface area contributed by atoms with Gasteiger partial charge >= 0.3 is 0 Å². The van der Waals surface area contributed by atoms with Crippen molar-refractivity contribution in [1.82, 2.24) is 9.38 Å². The average Bonchev–Trinajstić information content (AvgIpc) is 2.63. The molecule has 3 nitrogen and oxygen atoms in total. The molecule has 13 heavy (non-hydrogen) atoms. The molecule has 0 saturated carbocycles. The van der Waals surface area contributed by atoms with Crippen LogP contribution in [0.4, 0.5) is 0 Å². The van der Waals surface area contributed by atoms with E-state index in [0.717, 1.165) is 10.7 Å². The zero-order valence-corrected chi connectivity index (χ0v) is 7.75. The Balaban J connectivity index is 2.29. The van der Waals surface area contributed by atoms with E-state index in [1.165, 1.54) is 6.08 Å². The summed E-state index contributed by atoms with van der Waals surface area (Å²) >= 11 is 1.56. The van der Waals surface area contributed by atoms with Crippen molar-refractivity contribution < 1.29 is 4.79 Å². The predicted molar refractivity (Wildman–Crippen MR) is 52.0 cm³/mol. The Morgan fingerprint density at radius 2 is 2.62 bits per heavy atom. The first-order valence-electron chi connectivity index (χ1n) is 3.86. The molecule has 0 aliphatic carbocycles. The van der Waals surface area contributed by atoms with Crippen molar-refractivity contribution in [3.8, 4) is 0 Å². The van der Waals surface area contributed by atoms with Crippen molar-refractivity contribution in [2.24, 2.45) is 0 Å². The number of imidazole rings is 1. The minimum absolute atomic E-state index is 0.00533. The smallest absolute Gasteiger partial charge is 0.193 e. The van der Waals surface area contributed by atoms with Crippen molar-refractivity contribution in [2.75, 3.05) is 0 Å². The van der Waals surface area contributed by atoms with Crippen molar-refractivity contribution in [3.05, 3.63) is 36.1 Å². The summed E-state index contributed by atoms with van der Waals surface area (Å²) in [5.74, 6) is 0.00533. The summed E-state index contributed by atoms with van der Waals surface area (Å²) in [5, 5.41) is 1.96. The summed E-state index contributed by atoms with van der Waals surface area (Å²) in [6, 6.07) is 0. The number of nitrogens with zero attached hydrogens (tertiary/aromatic N) is 2. The molecule has 0 aromatic carbocycles. The van der Waals surface area contributed by atoms with Gasteiger partial charge in [0.1, 0.15) is 0 Å². The molecule has 66 valence electrons. The maximum Gasteiger partial charge on any atom is 0.193 e. The van der Waals surface area contributed by atoms with Crippen LogP contribution in [0.3, 0.4) is 0 Å². The lowest BCUT2D eigenvalue weighted by atomic mass is 10.2. The Morgan fingerprint density at radius 1 is 1.77 bits per heavy atom. The first-order valence-corrected chi connectivity index (χ1v) is 4.74. The van der Waals surface area contributed by atoms with Gasteiger partial charge in [0, 0.05) is 17.8 Å². The predicted octanol–water partition coefficient (Wildman–Crippen LogP) is 1.69. The monoisotopic (exact) mass is 192 g/mol. The summed E-state index contributed by atoms with van der Waals surface area (Å²) in [4.78, 5) is 16.2. The van der Waals surface area contributed by atoms with Crippen LogP contribution in [0.1, 0.15) is 5.69 Å². The quantitative estimate of drug-likeness (QED) is 0.693. The fourth-order valence-electron chi connectivity index (χ4n) is 1.11. The summed E-state index contributed by atoms with van der Waals surface area (Å²) in [7, 11) is 0. The number of allylic oxidation sites excluding steroid dienone is 1. The normalized spacial score (nSPS) is 10.5. The Bertz CT molecular complexity index is 426. The van der Waals surface area contributed by atoms with Crippen molar-refractivity contribution in [3.63, 3.8) is 0 Å². The molecule has 0 atom stereocenters. The molecule has 0 unspecified atom stereocenters. The third-order valence-corrected chi connectivity index (χ3v) is 2.50. The fraction of sp³-hybridized carbons (Fsp3) is 0.111. The van der Waals surface area contributed by atoms with E-state index >= 15 is 0 Å². The highest BCUT2D eigenvalue weighted by Crippen LogP contribution is 2.11. The lowest BCUT2D eigenvalue weighted by Crippen LogP contribution is -1.97. The Kier molecular flexibility index (Phi) is 1.98. The maximum atomic E-state index is 11.0. The molecule has 2 heterocycles. The van der Waals surface area contributed by atoms with Crippen LogP contribution in [0, 0.1) is 0 Å². The standard InChI is InChI=1S/C9H8N2OS/c1-2-8(12)5-7-6-11-3-4-13-9(11)10-7/h2-4,6H,1,5H2. The fourth-order valence-corrected chi connectivity index (χ4v) is 1.83. The van der Waals surface area contributed by atoms with Gasteiger partial charge in [-0.25, -0.2) is 4.98 Å². The number of ketones is 1. The van der Waals surface area contributed by atoms with Gasteiger partial charge in [-0.1, -0.05) is 6.58 Å². The zero-order valence-electron chi connectivity index (χ0n) is 6.93. The second kappa shape index (κ2) is 3.14. The van der Waals surface area contributed by atoms with Crippen molar-refractivity contribution in [1.29, 1.82) is 0 Å². The highest BCUT2D eigenvalue weighted by molar-refractivity contribution is 7.15. The number of rotatable bonds is 3. The van der Waals surface area contributed by atoms with E-state index in [0.29, 0.717) is 6.42 Å². The number of hydrogen-bond donors (Lipinski definition) is 0. The van der Waals surface area contributed by atoms with Gasteiger partial charge in [-0.3, -0.25) is 9.20 Å². The van der Waals surface area contributed by atoms with Gasteiger partial charge in [0.2, 0.25) is 0 Å². The summed E-state index contributed by atoms with van der Waals surface area (Å²) in [6.45, 7) is 3.42. The van der Waals surface area contributed by atoms with Gasteiger partial charge < -0.3 is 0 Å². The van der Waals surface area contributed by atoms with Crippen LogP contribution in [-0.2, 0) is 11.2 Å². The lowest BCUT2D eigenvalue weighted by Gasteiger charge is -1.87. The van der Waals surface area contributed by atoms with E-state index in [9.17, 15) is 4.79 Å². The van der Waals surface area contributed by atoms with Crippen LogP contribution in [0.25, 0.3) is 4.96 Å². The van der Waals surface area contributed by atoms with Crippen LogP contribution in [-0.4, -0.2) is 15.2 Å². The minimum Gasteiger partial charge on any atom is -0.297 e. The van der Waals surface area contributed by atoms with Gasteiger partial charge in [0.05, 0.1) is 12.1 Å². The number of hydrogen-bond acceptors (Lipinski definition) is 3. The third-order valence-electron chi connectivity index (χ3n) is 1.73. The highest BCUT2D eigenvalue weighted by atomic mass is 32.1. The second-order valence-corrected chi connectivity index (χ2v) is 3.55. The van der Waals surface area contributed by atoms with E-state index in [-0.39, 0.29) is 5.78 Å². The van der Waals surface area contributed by atoms with Crippen LogP contribution in [0.2, 0.25) is 0 Å². The zero-order chi connectivity index (χ0) is 9.26. The van der Waals surface area contributed by atoms with Crippen LogP contribution in [0.15, 0.2) is 30.4 Å². The molecule has 0 N–H and O–H groups in total. The van der Waals surface area contributed by atoms with E-state index in [1.54, 1.807) is 11.3 Å². The molecule has 0 spiro atoms. The van der Waals surface area contributed by atoms with E-state index in [2.05, 4.69) is 11.6 Å². The minimum atomic E-state index is 0.00533. The SMILES string of the molecule is C=CC(=O)Cc1cn2ccsc2n1. The summed E-state index contributed by atoms with van der Waals surface area (Å²) in [5.41, 5.74) is 0.803. The molecule has 0 saturated heterocycles. The van der Waals surface area contributed by atoms with E-state index in [1.807, 2.05) is 22.2 Å². The molecular formula is C9H8N2OS. The van der Waals surface area contributed by atoms with Gasteiger partial charge in [-0.05, 0) is 6.08 Å². The molecule has 2 aromatic rings. The molecule has 4 heteroatoms. The molecular weight excluding hydrogens is 184 g/mol. The molecule has 0 radical (unpaired) electrons. The molecule has 0 amide bonds. The molecule has 2 aromatic heterocycles. The molecule has 0 aliphatic rings. The number of carbonyl (C=O) groups excluding carboxylic acids is 1. The third kappa shape index (κ3) is 1.53. The van der Waals surface area contributed by atoms with Gasteiger partial charge in [-0.2, -0.15) is 0 Å². The summed E-state index contributed by atoms with van der Waals surface area (Å²) < 4.78 is 1.91. The molecule has 0 bridgehead atoms. The highest BCUT2D eigenvalue weighted by Gasteiger charge is 2.04. The largest absolute Gasteiger partial charge is 0.297 e. The van der Waals surface area contributed by atoms with E-state index in [4.69, 9.17) is 0 Å². The Labute approximate surface area is 79.3 Å². The number of thiazole rings is 1. The average molecular weight is 192 g/mol. The Hall–Kier alpha value is -1.42. The van der Waals surface area contributed by atoms with E-state index < -0.39 is 0 Å². The lowest BCUT2D eigenvalue weighted by molar-refractivity contribution is -0.114. The van der Waals surface area contributed by atoms with Crippen LogP contribution < -0.4 is 0 Å². The first kappa shape index (κ1) is 8.19. The van der Waals surface area contributed by atoms with Crippen LogP contribution >= 0.6 is 11.3 Å². The maximum absolute atomic E-state index is 11.0. The van der Waals surface area contributed by atoms with Gasteiger partial charge in [-0.15, -0.1) is 11.3 Å². The summed E-state index contributed by atoms with van der Waals surface area (Å²) in [6.07, 6.45) is 5.47. The first-order chi connectivity index (χ1) is 6.29. The second-order valence-electron chi connectivity index (χ2n) is 2.67. The van der Waals surface area contributed by atoms with Crippen molar-refractivity contribution in [2.45, 2.75) is 6.42 Å². The Morgan fingerprint density at radius 3 is 3.31 bits per heavy atom. The topological polar surface area (TPSA) is 34.4 Å². The number of carbonyl (C=O) groups is 1. The van der Waals surface area contributed by atoms with Crippen molar-refractivity contribution >= 4 is 22.1 Å².